The Hall–Kier alpha value is -1.94. The fraction of sp³-hybridized carbons (Fsp3) is 0. The van der Waals surface area contributed by atoms with E-state index in [1.807, 2.05) is 0 Å². The summed E-state index contributed by atoms with van der Waals surface area (Å²) in [6, 6.07) is 10.5. The third-order valence-electron chi connectivity index (χ3n) is 2.20. The first-order valence-corrected chi connectivity index (χ1v) is 5.52. The number of rotatable bonds is 3. The molecule has 0 unspecified atom stereocenters. The molecule has 0 radical (unpaired) electrons. The van der Waals surface area contributed by atoms with Gasteiger partial charge in [0.25, 0.3) is 0 Å². The minimum atomic E-state index is -0.898. The molecule has 2 nitrogen and oxygen atoms in total. The molecule has 18 heavy (non-hydrogen) atoms. The van der Waals surface area contributed by atoms with Gasteiger partial charge in [-0.2, -0.15) is 5.10 Å². The molecular formula is C13H9ClF2N2. The summed E-state index contributed by atoms with van der Waals surface area (Å²) in [6.45, 7) is 0. The van der Waals surface area contributed by atoms with E-state index >= 15 is 0 Å². The second-order valence-electron chi connectivity index (χ2n) is 3.55. The molecule has 0 amide bonds. The Labute approximate surface area is 108 Å². The summed E-state index contributed by atoms with van der Waals surface area (Å²) >= 11 is 5.73. The minimum absolute atomic E-state index is 0.468. The van der Waals surface area contributed by atoms with Gasteiger partial charge in [0.05, 0.1) is 11.9 Å². The Balaban J connectivity index is 2.02. The number of anilines is 1. The van der Waals surface area contributed by atoms with E-state index in [0.29, 0.717) is 10.6 Å². The molecule has 1 N–H and O–H groups in total. The van der Waals surface area contributed by atoms with Crippen molar-refractivity contribution in [1.82, 2.24) is 0 Å². The van der Waals surface area contributed by atoms with E-state index in [-0.39, 0.29) is 0 Å². The highest BCUT2D eigenvalue weighted by Crippen LogP contribution is 2.13. The number of hydrogen-bond donors (Lipinski definition) is 1. The summed E-state index contributed by atoms with van der Waals surface area (Å²) in [4.78, 5) is 0. The molecule has 0 saturated carbocycles. The normalized spacial score (nSPS) is 10.8. The van der Waals surface area contributed by atoms with Crippen LogP contribution in [0.1, 0.15) is 5.56 Å². The van der Waals surface area contributed by atoms with Gasteiger partial charge in [-0.3, -0.25) is 5.43 Å². The lowest BCUT2D eigenvalue weighted by atomic mass is 10.2. The van der Waals surface area contributed by atoms with Crippen LogP contribution in [0.15, 0.2) is 47.6 Å². The zero-order chi connectivity index (χ0) is 13.0. The minimum Gasteiger partial charge on any atom is -0.279 e. The molecule has 2 aromatic rings. The molecule has 92 valence electrons. The van der Waals surface area contributed by atoms with Gasteiger partial charge in [0.2, 0.25) is 0 Å². The molecule has 0 fully saturated rings. The van der Waals surface area contributed by atoms with Crippen molar-refractivity contribution < 1.29 is 8.78 Å². The van der Waals surface area contributed by atoms with E-state index < -0.39 is 11.6 Å². The number of hydrogen-bond acceptors (Lipinski definition) is 2. The molecule has 0 bridgehead atoms. The predicted molar refractivity (Wildman–Crippen MR) is 69.0 cm³/mol. The molecule has 0 aliphatic heterocycles. The maximum absolute atomic E-state index is 12.9. The van der Waals surface area contributed by atoms with Crippen LogP contribution in [0.2, 0.25) is 5.02 Å². The van der Waals surface area contributed by atoms with Crippen LogP contribution in [-0.4, -0.2) is 6.21 Å². The smallest absolute Gasteiger partial charge is 0.159 e. The van der Waals surface area contributed by atoms with Gasteiger partial charge in [-0.15, -0.1) is 0 Å². The quantitative estimate of drug-likeness (QED) is 0.657. The van der Waals surface area contributed by atoms with Crippen LogP contribution in [-0.2, 0) is 0 Å². The summed E-state index contributed by atoms with van der Waals surface area (Å²) < 4.78 is 25.6. The van der Waals surface area contributed by atoms with Crippen LogP contribution in [0.5, 0.6) is 0 Å². The molecule has 0 atom stereocenters. The Kier molecular flexibility index (Phi) is 3.89. The first kappa shape index (κ1) is 12.5. The number of hydrazone groups is 1. The van der Waals surface area contributed by atoms with Gasteiger partial charge in [0, 0.05) is 5.02 Å². The van der Waals surface area contributed by atoms with Crippen molar-refractivity contribution in [2.45, 2.75) is 0 Å². The summed E-state index contributed by atoms with van der Waals surface area (Å²) in [5.74, 6) is -1.77. The fourth-order valence-electron chi connectivity index (χ4n) is 1.30. The largest absolute Gasteiger partial charge is 0.279 e. The first-order valence-electron chi connectivity index (χ1n) is 5.15. The average Bonchev–Trinajstić information content (AvgIpc) is 2.36. The van der Waals surface area contributed by atoms with Gasteiger partial charge in [0.1, 0.15) is 0 Å². The van der Waals surface area contributed by atoms with Crippen molar-refractivity contribution in [2.75, 3.05) is 5.43 Å². The van der Waals surface area contributed by atoms with Crippen LogP contribution in [0, 0.1) is 11.6 Å². The maximum atomic E-state index is 12.9. The van der Waals surface area contributed by atoms with Crippen molar-refractivity contribution >= 4 is 23.5 Å². The average molecular weight is 267 g/mol. The highest BCUT2D eigenvalue weighted by atomic mass is 35.5. The van der Waals surface area contributed by atoms with Crippen molar-refractivity contribution in [1.29, 1.82) is 0 Å². The van der Waals surface area contributed by atoms with Crippen LogP contribution in [0.25, 0.3) is 0 Å². The standard InChI is InChI=1S/C13H9ClF2N2/c14-10-2-4-11(5-3-10)18-17-8-9-1-6-12(15)13(16)7-9/h1-8,18H/b17-8+. The summed E-state index contributed by atoms with van der Waals surface area (Å²) in [6.07, 6.45) is 1.40. The predicted octanol–water partition coefficient (Wildman–Crippen LogP) is 4.06. The van der Waals surface area contributed by atoms with Crippen molar-refractivity contribution in [3.05, 3.63) is 64.7 Å². The summed E-state index contributed by atoms with van der Waals surface area (Å²) in [5, 5.41) is 4.53. The Morgan fingerprint density at radius 2 is 1.72 bits per heavy atom. The molecule has 0 spiro atoms. The number of nitrogens with one attached hydrogen (secondary N) is 1. The maximum Gasteiger partial charge on any atom is 0.159 e. The zero-order valence-electron chi connectivity index (χ0n) is 9.20. The first-order chi connectivity index (χ1) is 8.65. The molecule has 0 aromatic heterocycles. The van der Waals surface area contributed by atoms with Crippen LogP contribution < -0.4 is 5.43 Å². The van der Waals surface area contributed by atoms with Crippen molar-refractivity contribution in [2.24, 2.45) is 5.10 Å². The molecule has 2 aromatic carbocycles. The number of halogens is 3. The number of nitrogens with zero attached hydrogens (tertiary/aromatic N) is 1. The second-order valence-corrected chi connectivity index (χ2v) is 3.99. The van der Waals surface area contributed by atoms with Crippen molar-refractivity contribution in [3.8, 4) is 0 Å². The van der Waals surface area contributed by atoms with E-state index in [9.17, 15) is 8.78 Å². The van der Waals surface area contributed by atoms with Gasteiger partial charge in [-0.1, -0.05) is 17.7 Å². The van der Waals surface area contributed by atoms with Crippen LogP contribution in [0.3, 0.4) is 0 Å². The van der Waals surface area contributed by atoms with E-state index in [1.54, 1.807) is 24.3 Å². The van der Waals surface area contributed by atoms with E-state index in [1.165, 1.54) is 12.3 Å². The van der Waals surface area contributed by atoms with Gasteiger partial charge in [-0.05, 0) is 42.0 Å². The Bertz CT molecular complexity index is 568. The summed E-state index contributed by atoms with van der Waals surface area (Å²) in [5.41, 5.74) is 3.97. The van der Waals surface area contributed by atoms with Gasteiger partial charge >= 0.3 is 0 Å². The lowest BCUT2D eigenvalue weighted by Crippen LogP contribution is -1.92. The highest BCUT2D eigenvalue weighted by molar-refractivity contribution is 6.30. The Morgan fingerprint density at radius 1 is 1.00 bits per heavy atom. The third kappa shape index (κ3) is 3.28. The third-order valence-corrected chi connectivity index (χ3v) is 2.45. The molecule has 0 saturated heterocycles. The topological polar surface area (TPSA) is 24.4 Å². The SMILES string of the molecule is Fc1ccc(/C=N/Nc2ccc(Cl)cc2)cc1F. The summed E-state index contributed by atoms with van der Waals surface area (Å²) in [7, 11) is 0. The molecule has 0 heterocycles. The van der Waals surface area contributed by atoms with Gasteiger partial charge < -0.3 is 0 Å². The van der Waals surface area contributed by atoms with Crippen LogP contribution >= 0.6 is 11.6 Å². The van der Waals surface area contributed by atoms with Gasteiger partial charge in [0.15, 0.2) is 11.6 Å². The molecule has 0 aliphatic carbocycles. The molecule has 2 rings (SSSR count). The van der Waals surface area contributed by atoms with E-state index in [0.717, 1.165) is 17.8 Å². The molecule has 5 heteroatoms. The molecular weight excluding hydrogens is 258 g/mol. The Morgan fingerprint density at radius 3 is 2.39 bits per heavy atom. The second kappa shape index (κ2) is 5.60. The van der Waals surface area contributed by atoms with Gasteiger partial charge in [-0.25, -0.2) is 8.78 Å². The highest BCUT2D eigenvalue weighted by Gasteiger charge is 2.00. The lowest BCUT2D eigenvalue weighted by Gasteiger charge is -1.99. The van der Waals surface area contributed by atoms with Crippen LogP contribution in [0.4, 0.5) is 14.5 Å². The fourth-order valence-corrected chi connectivity index (χ4v) is 1.42. The van der Waals surface area contributed by atoms with E-state index in [2.05, 4.69) is 10.5 Å². The molecule has 0 aliphatic rings. The zero-order valence-corrected chi connectivity index (χ0v) is 9.96. The van der Waals surface area contributed by atoms with Crippen molar-refractivity contribution in [3.63, 3.8) is 0 Å². The number of benzene rings is 2. The monoisotopic (exact) mass is 266 g/mol. The van der Waals surface area contributed by atoms with E-state index in [4.69, 9.17) is 11.6 Å². The lowest BCUT2D eigenvalue weighted by molar-refractivity contribution is 0.508.